The second kappa shape index (κ2) is 7.36. The zero-order valence-corrected chi connectivity index (χ0v) is 11.3. The van der Waals surface area contributed by atoms with Gasteiger partial charge in [0.05, 0.1) is 6.42 Å². The molecule has 0 aromatic carbocycles. The summed E-state index contributed by atoms with van der Waals surface area (Å²) in [6, 6.07) is 0.418. The molecule has 1 heterocycles. The van der Waals surface area contributed by atoms with E-state index in [1.165, 1.54) is 6.42 Å². The molecule has 1 rings (SSSR count). The van der Waals surface area contributed by atoms with Crippen LogP contribution in [-0.2, 0) is 9.59 Å². The highest BCUT2D eigenvalue weighted by atomic mass is 16.4. The van der Waals surface area contributed by atoms with Crippen LogP contribution in [0.3, 0.4) is 0 Å². The van der Waals surface area contributed by atoms with E-state index in [9.17, 15) is 9.59 Å². The molecule has 2 N–H and O–H groups in total. The molecule has 18 heavy (non-hydrogen) atoms. The van der Waals surface area contributed by atoms with Gasteiger partial charge in [0.15, 0.2) is 0 Å². The number of carbonyl (C=O) groups is 2. The highest BCUT2D eigenvalue weighted by Crippen LogP contribution is 2.17. The predicted molar refractivity (Wildman–Crippen MR) is 69.3 cm³/mol. The molecule has 0 radical (unpaired) electrons. The van der Waals surface area contributed by atoms with Crippen molar-refractivity contribution in [3.63, 3.8) is 0 Å². The van der Waals surface area contributed by atoms with E-state index in [0.717, 1.165) is 19.5 Å². The molecule has 0 aliphatic carbocycles. The molecular formula is C13H24N2O3. The van der Waals surface area contributed by atoms with Gasteiger partial charge in [-0.05, 0) is 25.3 Å². The van der Waals surface area contributed by atoms with Crippen molar-refractivity contribution in [2.24, 2.45) is 5.92 Å². The molecule has 5 heteroatoms. The molecule has 1 amide bonds. The Morgan fingerprint density at radius 1 is 1.39 bits per heavy atom. The lowest BCUT2D eigenvalue weighted by Crippen LogP contribution is -2.41. The zero-order valence-electron chi connectivity index (χ0n) is 11.3. The van der Waals surface area contributed by atoms with Gasteiger partial charge in [-0.25, -0.2) is 0 Å². The SMILES string of the molecule is CC(C)CN1CCC[C@@H]1CNC(=O)CCC(=O)O. The lowest BCUT2D eigenvalue weighted by Gasteiger charge is -2.26. The number of hydrogen-bond acceptors (Lipinski definition) is 3. The van der Waals surface area contributed by atoms with Gasteiger partial charge in [0.25, 0.3) is 0 Å². The minimum atomic E-state index is -0.924. The van der Waals surface area contributed by atoms with Crippen LogP contribution < -0.4 is 5.32 Å². The normalized spacial score (nSPS) is 20.3. The van der Waals surface area contributed by atoms with Gasteiger partial charge in [-0.2, -0.15) is 0 Å². The molecule has 5 nitrogen and oxygen atoms in total. The van der Waals surface area contributed by atoms with E-state index in [1.54, 1.807) is 0 Å². The average molecular weight is 256 g/mol. The van der Waals surface area contributed by atoms with Crippen molar-refractivity contribution in [2.45, 2.75) is 45.6 Å². The number of likely N-dealkylation sites (tertiary alicyclic amines) is 1. The van der Waals surface area contributed by atoms with Crippen molar-refractivity contribution in [1.29, 1.82) is 0 Å². The first-order valence-electron chi connectivity index (χ1n) is 6.71. The van der Waals surface area contributed by atoms with E-state index in [-0.39, 0.29) is 18.7 Å². The molecule has 0 saturated carbocycles. The minimum Gasteiger partial charge on any atom is -0.481 e. The van der Waals surface area contributed by atoms with E-state index in [0.29, 0.717) is 18.5 Å². The fraction of sp³-hybridized carbons (Fsp3) is 0.846. The maximum atomic E-state index is 11.4. The van der Waals surface area contributed by atoms with Gasteiger partial charge in [0, 0.05) is 25.6 Å². The van der Waals surface area contributed by atoms with Crippen molar-refractivity contribution >= 4 is 11.9 Å². The van der Waals surface area contributed by atoms with Crippen LogP contribution in [0, 0.1) is 5.92 Å². The summed E-state index contributed by atoms with van der Waals surface area (Å²) in [5.74, 6) is -0.449. The number of rotatable bonds is 7. The molecule has 0 aromatic rings. The first-order chi connectivity index (χ1) is 8.49. The van der Waals surface area contributed by atoms with Gasteiger partial charge >= 0.3 is 5.97 Å². The van der Waals surface area contributed by atoms with Gasteiger partial charge in [0.2, 0.25) is 5.91 Å². The Labute approximate surface area is 109 Å². The van der Waals surface area contributed by atoms with Crippen molar-refractivity contribution in [1.82, 2.24) is 10.2 Å². The molecular weight excluding hydrogens is 232 g/mol. The smallest absolute Gasteiger partial charge is 0.303 e. The molecule has 1 atom stereocenters. The summed E-state index contributed by atoms with van der Waals surface area (Å²) >= 11 is 0. The van der Waals surface area contributed by atoms with E-state index in [4.69, 9.17) is 5.11 Å². The number of nitrogens with one attached hydrogen (secondary N) is 1. The number of carboxylic acids is 1. The van der Waals surface area contributed by atoms with Crippen LogP contribution in [0.25, 0.3) is 0 Å². The quantitative estimate of drug-likeness (QED) is 0.715. The Morgan fingerprint density at radius 2 is 2.11 bits per heavy atom. The summed E-state index contributed by atoms with van der Waals surface area (Å²) in [6.45, 7) is 7.20. The van der Waals surface area contributed by atoms with Gasteiger partial charge in [0.1, 0.15) is 0 Å². The van der Waals surface area contributed by atoms with Crippen molar-refractivity contribution < 1.29 is 14.7 Å². The summed E-state index contributed by atoms with van der Waals surface area (Å²) in [5, 5.41) is 11.3. The van der Waals surface area contributed by atoms with Gasteiger partial charge < -0.3 is 10.4 Å². The molecule has 0 spiro atoms. The van der Waals surface area contributed by atoms with Crippen molar-refractivity contribution in [3.05, 3.63) is 0 Å². The Kier molecular flexibility index (Phi) is 6.12. The predicted octanol–water partition coefficient (Wildman–Crippen LogP) is 1.09. The number of nitrogens with zero attached hydrogens (tertiary/aromatic N) is 1. The number of carbonyl (C=O) groups excluding carboxylic acids is 1. The maximum absolute atomic E-state index is 11.4. The van der Waals surface area contributed by atoms with Gasteiger partial charge in [-0.1, -0.05) is 13.8 Å². The van der Waals surface area contributed by atoms with E-state index >= 15 is 0 Å². The Hall–Kier alpha value is -1.10. The Balaban J connectivity index is 2.25. The zero-order chi connectivity index (χ0) is 13.5. The van der Waals surface area contributed by atoms with Gasteiger partial charge in [-0.3, -0.25) is 14.5 Å². The van der Waals surface area contributed by atoms with Gasteiger partial charge in [-0.15, -0.1) is 0 Å². The number of carboxylic acid groups (broad SMARTS) is 1. The van der Waals surface area contributed by atoms with Crippen LogP contribution in [0.5, 0.6) is 0 Å². The molecule has 1 aliphatic heterocycles. The van der Waals surface area contributed by atoms with Crippen molar-refractivity contribution in [2.75, 3.05) is 19.6 Å². The molecule has 0 aromatic heterocycles. The highest BCUT2D eigenvalue weighted by Gasteiger charge is 2.24. The number of hydrogen-bond donors (Lipinski definition) is 2. The van der Waals surface area contributed by atoms with E-state index in [1.807, 2.05) is 0 Å². The first kappa shape index (κ1) is 15.0. The van der Waals surface area contributed by atoms with Crippen LogP contribution in [-0.4, -0.2) is 47.6 Å². The molecule has 1 saturated heterocycles. The van der Waals surface area contributed by atoms with Crippen LogP contribution in [0.15, 0.2) is 0 Å². The van der Waals surface area contributed by atoms with Crippen LogP contribution in [0.1, 0.15) is 39.5 Å². The summed E-state index contributed by atoms with van der Waals surface area (Å²) in [7, 11) is 0. The van der Waals surface area contributed by atoms with E-state index < -0.39 is 5.97 Å². The summed E-state index contributed by atoms with van der Waals surface area (Å²) in [4.78, 5) is 24.2. The lowest BCUT2D eigenvalue weighted by molar-refractivity contribution is -0.138. The summed E-state index contributed by atoms with van der Waals surface area (Å²) in [6.07, 6.45) is 2.28. The second-order valence-corrected chi connectivity index (χ2v) is 5.38. The van der Waals surface area contributed by atoms with E-state index in [2.05, 4.69) is 24.1 Å². The second-order valence-electron chi connectivity index (χ2n) is 5.38. The monoisotopic (exact) mass is 256 g/mol. The Bertz CT molecular complexity index is 292. The number of amides is 1. The Morgan fingerprint density at radius 3 is 2.72 bits per heavy atom. The standard InChI is InChI=1S/C13H24N2O3/c1-10(2)9-15-7-3-4-11(15)8-14-12(16)5-6-13(17)18/h10-11H,3-9H2,1-2H3,(H,14,16)(H,17,18)/t11-/m1/s1. The highest BCUT2D eigenvalue weighted by molar-refractivity contribution is 5.80. The topological polar surface area (TPSA) is 69.6 Å². The lowest BCUT2D eigenvalue weighted by atomic mass is 10.1. The molecule has 1 fully saturated rings. The largest absolute Gasteiger partial charge is 0.481 e. The third-order valence-electron chi connectivity index (χ3n) is 3.20. The number of aliphatic carboxylic acids is 1. The molecule has 1 aliphatic rings. The molecule has 0 bridgehead atoms. The summed E-state index contributed by atoms with van der Waals surface area (Å²) < 4.78 is 0. The minimum absolute atomic E-state index is 0.0756. The third kappa shape index (κ3) is 5.49. The molecule has 0 unspecified atom stereocenters. The fourth-order valence-electron chi connectivity index (χ4n) is 2.38. The maximum Gasteiger partial charge on any atom is 0.303 e. The fourth-order valence-corrected chi connectivity index (χ4v) is 2.38. The summed E-state index contributed by atoms with van der Waals surface area (Å²) in [5.41, 5.74) is 0. The average Bonchev–Trinajstić information content (AvgIpc) is 2.70. The van der Waals surface area contributed by atoms with Crippen LogP contribution in [0.2, 0.25) is 0 Å². The van der Waals surface area contributed by atoms with Crippen LogP contribution >= 0.6 is 0 Å². The molecule has 104 valence electrons. The van der Waals surface area contributed by atoms with Crippen LogP contribution in [0.4, 0.5) is 0 Å². The first-order valence-corrected chi connectivity index (χ1v) is 6.71. The van der Waals surface area contributed by atoms with Crippen molar-refractivity contribution in [3.8, 4) is 0 Å². The third-order valence-corrected chi connectivity index (χ3v) is 3.20.